The molecule has 2 heterocycles. The standard InChI is InChI=1S/C56H34O2/c1-3-15-35(16-4-1)37-31-32-38(36-17-5-2-6-18-36)51(33-37)54-43-23-11-21-39(45-25-13-27-47-41-19-7-9-29-52(41)57-55(45)47)49(43)34-50-40(22-12-24-44(50)54)46-26-14-28-48-42-20-8-10-30-53(42)58-56(46)48/h1-34H. The van der Waals surface area contributed by atoms with Gasteiger partial charge in [0, 0.05) is 32.7 Å². The summed E-state index contributed by atoms with van der Waals surface area (Å²) < 4.78 is 13.4. The number of fused-ring (bicyclic) bond motifs is 8. The molecule has 58 heavy (non-hydrogen) atoms. The maximum absolute atomic E-state index is 6.69. The van der Waals surface area contributed by atoms with Gasteiger partial charge in [-0.1, -0.05) is 182 Å². The van der Waals surface area contributed by atoms with Gasteiger partial charge in [-0.3, -0.25) is 0 Å². The highest BCUT2D eigenvalue weighted by atomic mass is 16.3. The molecule has 270 valence electrons. The molecule has 0 N–H and O–H groups in total. The van der Waals surface area contributed by atoms with E-state index in [9.17, 15) is 0 Å². The fraction of sp³-hybridized carbons (Fsp3) is 0. The molecule has 12 rings (SSSR count). The van der Waals surface area contributed by atoms with Crippen LogP contribution in [-0.4, -0.2) is 0 Å². The molecule has 0 saturated heterocycles. The van der Waals surface area contributed by atoms with E-state index < -0.39 is 0 Å². The number of hydrogen-bond donors (Lipinski definition) is 0. The van der Waals surface area contributed by atoms with Crippen LogP contribution in [0.25, 0.3) is 121 Å². The van der Waals surface area contributed by atoms with Crippen molar-refractivity contribution in [2.75, 3.05) is 0 Å². The molecule has 12 aromatic rings. The number of furan rings is 2. The highest BCUT2D eigenvalue weighted by Gasteiger charge is 2.22. The van der Waals surface area contributed by atoms with E-state index in [0.29, 0.717) is 0 Å². The number of rotatable bonds is 5. The zero-order chi connectivity index (χ0) is 38.2. The highest BCUT2D eigenvalue weighted by Crippen LogP contribution is 2.48. The number of para-hydroxylation sites is 4. The Hall–Kier alpha value is -7.68. The van der Waals surface area contributed by atoms with Gasteiger partial charge in [-0.2, -0.15) is 0 Å². The lowest BCUT2D eigenvalue weighted by molar-refractivity contribution is 0.669. The Morgan fingerprint density at radius 3 is 1.22 bits per heavy atom. The Bertz CT molecular complexity index is 3380. The van der Waals surface area contributed by atoms with Crippen molar-refractivity contribution < 1.29 is 8.83 Å². The molecule has 2 aromatic heterocycles. The first-order valence-corrected chi connectivity index (χ1v) is 19.8. The molecule has 0 atom stereocenters. The molecule has 0 saturated carbocycles. The highest BCUT2D eigenvalue weighted by molar-refractivity contribution is 6.23. The van der Waals surface area contributed by atoms with Crippen LogP contribution in [0.15, 0.2) is 215 Å². The Balaban J connectivity index is 1.24. The van der Waals surface area contributed by atoms with Crippen molar-refractivity contribution >= 4 is 65.4 Å². The van der Waals surface area contributed by atoms with Crippen LogP contribution in [0.2, 0.25) is 0 Å². The van der Waals surface area contributed by atoms with E-state index in [2.05, 4.69) is 194 Å². The van der Waals surface area contributed by atoms with Crippen molar-refractivity contribution in [2.24, 2.45) is 0 Å². The average molecular weight is 739 g/mol. The van der Waals surface area contributed by atoms with E-state index in [1.165, 1.54) is 44.2 Å². The minimum absolute atomic E-state index is 0.891. The van der Waals surface area contributed by atoms with E-state index in [0.717, 1.165) is 76.9 Å². The van der Waals surface area contributed by atoms with Gasteiger partial charge in [-0.25, -0.2) is 0 Å². The van der Waals surface area contributed by atoms with Crippen LogP contribution in [0.4, 0.5) is 0 Å². The normalized spacial score (nSPS) is 11.8. The van der Waals surface area contributed by atoms with Gasteiger partial charge in [0.05, 0.1) is 0 Å². The Morgan fingerprint density at radius 1 is 0.224 bits per heavy atom. The fourth-order valence-electron chi connectivity index (χ4n) is 9.28. The van der Waals surface area contributed by atoms with Crippen LogP contribution < -0.4 is 0 Å². The summed E-state index contributed by atoms with van der Waals surface area (Å²) in [6, 6.07) is 74.1. The van der Waals surface area contributed by atoms with Gasteiger partial charge in [-0.05, 0) is 90.3 Å². The van der Waals surface area contributed by atoms with Gasteiger partial charge in [0.1, 0.15) is 22.3 Å². The molecule has 0 fully saturated rings. The van der Waals surface area contributed by atoms with Crippen molar-refractivity contribution in [3.05, 3.63) is 206 Å². The summed E-state index contributed by atoms with van der Waals surface area (Å²) in [5, 5.41) is 9.15. The topological polar surface area (TPSA) is 26.3 Å². The first-order chi connectivity index (χ1) is 28.8. The summed E-state index contributed by atoms with van der Waals surface area (Å²) in [5.41, 5.74) is 15.1. The molecular weight excluding hydrogens is 705 g/mol. The van der Waals surface area contributed by atoms with Crippen LogP contribution in [0.3, 0.4) is 0 Å². The monoisotopic (exact) mass is 738 g/mol. The minimum atomic E-state index is 0.891. The smallest absolute Gasteiger partial charge is 0.143 e. The lowest BCUT2D eigenvalue weighted by Gasteiger charge is -2.20. The summed E-state index contributed by atoms with van der Waals surface area (Å²) in [4.78, 5) is 0. The van der Waals surface area contributed by atoms with Gasteiger partial charge in [0.2, 0.25) is 0 Å². The van der Waals surface area contributed by atoms with Crippen LogP contribution >= 0.6 is 0 Å². The lowest BCUT2D eigenvalue weighted by Crippen LogP contribution is -1.93. The Morgan fingerprint density at radius 2 is 0.672 bits per heavy atom. The summed E-state index contributed by atoms with van der Waals surface area (Å²) in [7, 11) is 0. The third-order valence-corrected chi connectivity index (χ3v) is 11.9. The second kappa shape index (κ2) is 12.9. The van der Waals surface area contributed by atoms with Crippen molar-refractivity contribution in [1.82, 2.24) is 0 Å². The molecule has 0 aliphatic rings. The summed E-state index contributed by atoms with van der Waals surface area (Å²) in [5.74, 6) is 0. The number of benzene rings is 10. The van der Waals surface area contributed by atoms with Crippen LogP contribution in [-0.2, 0) is 0 Å². The SMILES string of the molecule is c1ccc(-c2ccc(-c3ccccc3)c(-c3c4cccc(-c5cccc6c5oc5ccccc56)c4cc4c(-c5cccc6c5oc5ccccc56)cccc34)c2)cc1. The average Bonchev–Trinajstić information content (AvgIpc) is 3.87. The molecule has 0 bridgehead atoms. The molecular formula is C56H34O2. The first-order valence-electron chi connectivity index (χ1n) is 19.8. The quantitative estimate of drug-likeness (QED) is 0.164. The molecule has 0 aliphatic heterocycles. The third kappa shape index (κ3) is 4.99. The predicted octanol–water partition coefficient (Wildman–Crippen LogP) is 16.1. The molecule has 0 aliphatic carbocycles. The van der Waals surface area contributed by atoms with Crippen molar-refractivity contribution in [3.63, 3.8) is 0 Å². The van der Waals surface area contributed by atoms with Gasteiger partial charge in [0.25, 0.3) is 0 Å². The zero-order valence-corrected chi connectivity index (χ0v) is 31.4. The molecule has 0 unspecified atom stereocenters. The van der Waals surface area contributed by atoms with Crippen molar-refractivity contribution in [2.45, 2.75) is 0 Å². The fourth-order valence-corrected chi connectivity index (χ4v) is 9.28. The van der Waals surface area contributed by atoms with Crippen LogP contribution in [0.5, 0.6) is 0 Å². The van der Waals surface area contributed by atoms with E-state index >= 15 is 0 Å². The third-order valence-electron chi connectivity index (χ3n) is 11.9. The summed E-state index contributed by atoms with van der Waals surface area (Å²) in [6.45, 7) is 0. The largest absolute Gasteiger partial charge is 0.455 e. The molecule has 2 nitrogen and oxygen atoms in total. The minimum Gasteiger partial charge on any atom is -0.455 e. The predicted molar refractivity (Wildman–Crippen MR) is 243 cm³/mol. The van der Waals surface area contributed by atoms with E-state index in [1.54, 1.807) is 0 Å². The molecule has 0 radical (unpaired) electrons. The van der Waals surface area contributed by atoms with Gasteiger partial charge in [0.15, 0.2) is 0 Å². The zero-order valence-electron chi connectivity index (χ0n) is 31.4. The van der Waals surface area contributed by atoms with Crippen molar-refractivity contribution in [3.8, 4) is 55.6 Å². The summed E-state index contributed by atoms with van der Waals surface area (Å²) >= 11 is 0. The second-order valence-electron chi connectivity index (χ2n) is 15.1. The van der Waals surface area contributed by atoms with E-state index in [4.69, 9.17) is 8.83 Å². The van der Waals surface area contributed by atoms with Crippen LogP contribution in [0.1, 0.15) is 0 Å². The first kappa shape index (κ1) is 32.6. The molecule has 2 heteroatoms. The Kier molecular flexibility index (Phi) is 7.26. The second-order valence-corrected chi connectivity index (χ2v) is 15.1. The van der Waals surface area contributed by atoms with Gasteiger partial charge >= 0.3 is 0 Å². The van der Waals surface area contributed by atoms with Crippen molar-refractivity contribution in [1.29, 1.82) is 0 Å². The van der Waals surface area contributed by atoms with Gasteiger partial charge in [-0.15, -0.1) is 0 Å². The molecule has 0 spiro atoms. The molecule has 10 aromatic carbocycles. The van der Waals surface area contributed by atoms with Gasteiger partial charge < -0.3 is 8.83 Å². The van der Waals surface area contributed by atoms with E-state index in [1.807, 2.05) is 12.1 Å². The lowest BCUT2D eigenvalue weighted by atomic mass is 9.83. The Labute approximate surface area is 334 Å². The maximum atomic E-state index is 6.69. The van der Waals surface area contributed by atoms with Crippen LogP contribution in [0, 0.1) is 0 Å². The maximum Gasteiger partial charge on any atom is 0.143 e. The number of hydrogen-bond acceptors (Lipinski definition) is 2. The summed E-state index contributed by atoms with van der Waals surface area (Å²) in [6.07, 6.45) is 0. The molecule has 0 amide bonds. The van der Waals surface area contributed by atoms with E-state index in [-0.39, 0.29) is 0 Å².